The number of rotatable bonds is 1. The zero-order valence-electron chi connectivity index (χ0n) is 9.04. The standard InChI is InChI=1S/C12H11ClN2S/c1-7-8(2)12(16)15-14-11(7)9-5-3-4-6-10(9)13/h3-6H,1-2H3,(H,15,16). The van der Waals surface area contributed by atoms with Crippen molar-refractivity contribution >= 4 is 23.8 Å². The van der Waals surface area contributed by atoms with Crippen LogP contribution >= 0.6 is 23.8 Å². The smallest absolute Gasteiger partial charge is 0.122 e. The SMILES string of the molecule is Cc1c(-c2ccccc2Cl)n[nH]c(=S)c1C. The second kappa shape index (κ2) is 4.36. The normalized spacial score (nSPS) is 10.4. The summed E-state index contributed by atoms with van der Waals surface area (Å²) < 4.78 is 0.674. The van der Waals surface area contributed by atoms with Crippen molar-refractivity contribution in [1.82, 2.24) is 10.2 Å². The minimum atomic E-state index is 0.674. The van der Waals surface area contributed by atoms with Crippen LogP contribution in [0, 0.1) is 18.5 Å². The van der Waals surface area contributed by atoms with Crippen LogP contribution in [0.15, 0.2) is 24.3 Å². The number of aromatic amines is 1. The van der Waals surface area contributed by atoms with E-state index < -0.39 is 0 Å². The van der Waals surface area contributed by atoms with Gasteiger partial charge in [-0.1, -0.05) is 42.0 Å². The monoisotopic (exact) mass is 250 g/mol. The molecule has 0 aliphatic heterocycles. The van der Waals surface area contributed by atoms with Gasteiger partial charge in [-0.05, 0) is 31.0 Å². The van der Waals surface area contributed by atoms with E-state index >= 15 is 0 Å². The molecule has 0 saturated carbocycles. The molecule has 0 amide bonds. The van der Waals surface area contributed by atoms with E-state index in [9.17, 15) is 0 Å². The van der Waals surface area contributed by atoms with Crippen molar-refractivity contribution in [2.75, 3.05) is 0 Å². The van der Waals surface area contributed by atoms with E-state index in [2.05, 4.69) is 10.2 Å². The zero-order valence-corrected chi connectivity index (χ0v) is 10.6. The molecule has 2 aromatic rings. The first-order valence-electron chi connectivity index (χ1n) is 4.92. The zero-order chi connectivity index (χ0) is 11.7. The molecule has 0 saturated heterocycles. The van der Waals surface area contributed by atoms with Crippen LogP contribution < -0.4 is 0 Å². The van der Waals surface area contributed by atoms with Gasteiger partial charge in [0.2, 0.25) is 0 Å². The number of H-pyrrole nitrogens is 1. The van der Waals surface area contributed by atoms with Crippen molar-refractivity contribution in [3.05, 3.63) is 45.1 Å². The van der Waals surface area contributed by atoms with E-state index in [1.54, 1.807) is 0 Å². The van der Waals surface area contributed by atoms with Crippen molar-refractivity contribution < 1.29 is 0 Å². The molecule has 0 radical (unpaired) electrons. The van der Waals surface area contributed by atoms with E-state index in [-0.39, 0.29) is 0 Å². The summed E-state index contributed by atoms with van der Waals surface area (Å²) in [6.07, 6.45) is 0. The highest BCUT2D eigenvalue weighted by Crippen LogP contribution is 2.28. The van der Waals surface area contributed by atoms with Crippen LogP contribution in [0.5, 0.6) is 0 Å². The summed E-state index contributed by atoms with van der Waals surface area (Å²) in [5.74, 6) is 0. The number of nitrogens with zero attached hydrogens (tertiary/aromatic N) is 1. The maximum atomic E-state index is 6.14. The van der Waals surface area contributed by atoms with E-state index in [1.165, 1.54) is 0 Å². The summed E-state index contributed by atoms with van der Waals surface area (Å²) in [5.41, 5.74) is 3.89. The van der Waals surface area contributed by atoms with Crippen LogP contribution in [0.2, 0.25) is 5.02 Å². The highest BCUT2D eigenvalue weighted by Gasteiger charge is 2.09. The van der Waals surface area contributed by atoms with Crippen LogP contribution in [0.1, 0.15) is 11.1 Å². The van der Waals surface area contributed by atoms with Crippen molar-refractivity contribution in [2.45, 2.75) is 13.8 Å². The molecular formula is C12H11ClN2S. The molecule has 1 N–H and O–H groups in total. The Labute approximate surface area is 104 Å². The molecular weight excluding hydrogens is 240 g/mol. The number of aromatic nitrogens is 2. The fraction of sp³-hybridized carbons (Fsp3) is 0.167. The van der Waals surface area contributed by atoms with Gasteiger partial charge >= 0.3 is 0 Å². The summed E-state index contributed by atoms with van der Waals surface area (Å²) in [4.78, 5) is 0. The maximum absolute atomic E-state index is 6.14. The topological polar surface area (TPSA) is 28.7 Å². The lowest BCUT2D eigenvalue weighted by molar-refractivity contribution is 0.987. The lowest BCUT2D eigenvalue weighted by atomic mass is 10.0. The fourth-order valence-corrected chi connectivity index (χ4v) is 1.96. The van der Waals surface area contributed by atoms with E-state index in [4.69, 9.17) is 23.8 Å². The fourth-order valence-electron chi connectivity index (χ4n) is 1.54. The van der Waals surface area contributed by atoms with Crippen LogP contribution in [0.25, 0.3) is 11.3 Å². The lowest BCUT2D eigenvalue weighted by Crippen LogP contribution is -1.96. The minimum absolute atomic E-state index is 0.674. The lowest BCUT2D eigenvalue weighted by Gasteiger charge is -2.08. The molecule has 0 atom stereocenters. The molecule has 2 nitrogen and oxygen atoms in total. The quantitative estimate of drug-likeness (QED) is 0.773. The summed E-state index contributed by atoms with van der Waals surface area (Å²) in [7, 11) is 0. The van der Waals surface area contributed by atoms with Crippen LogP contribution in [-0.4, -0.2) is 10.2 Å². The Bertz CT molecular complexity index is 590. The Hall–Kier alpha value is -1.19. The average Bonchev–Trinajstić information content (AvgIpc) is 2.28. The van der Waals surface area contributed by atoms with Gasteiger partial charge in [-0.2, -0.15) is 5.10 Å². The summed E-state index contributed by atoms with van der Waals surface area (Å²) in [6.45, 7) is 3.99. The van der Waals surface area contributed by atoms with E-state index in [0.29, 0.717) is 9.66 Å². The predicted molar refractivity (Wildman–Crippen MR) is 69.3 cm³/mol. The van der Waals surface area contributed by atoms with Gasteiger partial charge in [0.05, 0.1) is 10.7 Å². The molecule has 0 fully saturated rings. The Morgan fingerprint density at radius 3 is 2.56 bits per heavy atom. The van der Waals surface area contributed by atoms with Gasteiger partial charge in [0.25, 0.3) is 0 Å². The van der Waals surface area contributed by atoms with E-state index in [0.717, 1.165) is 22.4 Å². The van der Waals surface area contributed by atoms with Gasteiger partial charge in [-0.3, -0.25) is 5.10 Å². The average molecular weight is 251 g/mol. The number of nitrogens with one attached hydrogen (secondary N) is 1. The first kappa shape index (κ1) is 11.3. The Balaban J connectivity index is 2.71. The largest absolute Gasteiger partial charge is 0.267 e. The molecule has 1 heterocycles. The third kappa shape index (κ3) is 1.88. The van der Waals surface area contributed by atoms with Crippen molar-refractivity contribution in [3.8, 4) is 11.3 Å². The molecule has 2 rings (SSSR count). The van der Waals surface area contributed by atoms with Crippen molar-refractivity contribution in [1.29, 1.82) is 0 Å². The molecule has 0 spiro atoms. The molecule has 82 valence electrons. The van der Waals surface area contributed by atoms with E-state index in [1.807, 2.05) is 38.1 Å². The second-order valence-corrected chi connectivity index (χ2v) is 4.45. The highest BCUT2D eigenvalue weighted by molar-refractivity contribution is 7.71. The number of benzene rings is 1. The maximum Gasteiger partial charge on any atom is 0.122 e. The third-order valence-electron chi connectivity index (χ3n) is 2.66. The molecule has 16 heavy (non-hydrogen) atoms. The Kier molecular flexibility index (Phi) is 3.08. The molecule has 0 aliphatic carbocycles. The summed E-state index contributed by atoms with van der Waals surface area (Å²) in [6, 6.07) is 7.65. The number of hydrogen-bond donors (Lipinski definition) is 1. The van der Waals surface area contributed by atoms with Gasteiger partial charge in [0.15, 0.2) is 0 Å². The molecule has 0 unspecified atom stereocenters. The third-order valence-corrected chi connectivity index (χ3v) is 3.38. The molecule has 1 aromatic carbocycles. The van der Waals surface area contributed by atoms with Gasteiger partial charge in [-0.25, -0.2) is 0 Å². The van der Waals surface area contributed by atoms with Crippen LogP contribution in [0.3, 0.4) is 0 Å². The molecule has 0 aliphatic rings. The molecule has 1 aromatic heterocycles. The molecule has 0 bridgehead atoms. The van der Waals surface area contributed by atoms with Gasteiger partial charge in [-0.15, -0.1) is 0 Å². The predicted octanol–water partition coefficient (Wildman–Crippen LogP) is 4.08. The van der Waals surface area contributed by atoms with Gasteiger partial charge < -0.3 is 0 Å². The number of halogens is 1. The Morgan fingerprint density at radius 2 is 1.88 bits per heavy atom. The van der Waals surface area contributed by atoms with Crippen molar-refractivity contribution in [3.63, 3.8) is 0 Å². The first-order valence-corrected chi connectivity index (χ1v) is 5.70. The minimum Gasteiger partial charge on any atom is -0.267 e. The summed E-state index contributed by atoms with van der Waals surface area (Å²) in [5, 5.41) is 7.79. The summed E-state index contributed by atoms with van der Waals surface area (Å²) >= 11 is 11.3. The van der Waals surface area contributed by atoms with Crippen molar-refractivity contribution in [2.24, 2.45) is 0 Å². The number of hydrogen-bond acceptors (Lipinski definition) is 2. The van der Waals surface area contributed by atoms with Crippen LogP contribution in [-0.2, 0) is 0 Å². The van der Waals surface area contributed by atoms with Gasteiger partial charge in [0.1, 0.15) is 4.64 Å². The molecule has 4 heteroatoms. The van der Waals surface area contributed by atoms with Gasteiger partial charge in [0, 0.05) is 5.56 Å². The Morgan fingerprint density at radius 1 is 1.19 bits per heavy atom. The first-order chi connectivity index (χ1) is 7.61. The highest BCUT2D eigenvalue weighted by atomic mass is 35.5. The second-order valence-electron chi connectivity index (χ2n) is 3.63. The van der Waals surface area contributed by atoms with Crippen LogP contribution in [0.4, 0.5) is 0 Å².